The number of hydrogen-bond acceptors (Lipinski definition) is 5. The number of carbonyl (C=O) groups is 2. The second-order valence-corrected chi connectivity index (χ2v) is 6.06. The Labute approximate surface area is 134 Å². The van der Waals surface area contributed by atoms with Crippen LogP contribution in [0.4, 0.5) is 0 Å². The fourth-order valence-corrected chi connectivity index (χ4v) is 2.79. The molecule has 0 bridgehead atoms. The van der Waals surface area contributed by atoms with Crippen molar-refractivity contribution in [3.8, 4) is 0 Å². The van der Waals surface area contributed by atoms with Crippen LogP contribution in [0.15, 0.2) is 34.9 Å². The third kappa shape index (κ3) is 2.55. The van der Waals surface area contributed by atoms with Crippen molar-refractivity contribution in [2.45, 2.75) is 19.2 Å². The van der Waals surface area contributed by atoms with Gasteiger partial charge >= 0.3 is 0 Å². The molecular formula is C14H13BrN4O3. The quantitative estimate of drug-likeness (QED) is 0.620. The van der Waals surface area contributed by atoms with Crippen LogP contribution >= 0.6 is 15.9 Å². The van der Waals surface area contributed by atoms with Gasteiger partial charge in [0.05, 0.1) is 12.3 Å². The van der Waals surface area contributed by atoms with E-state index < -0.39 is 18.2 Å². The summed E-state index contributed by atoms with van der Waals surface area (Å²) in [6, 6.07) is 6.98. The SMILES string of the molecule is C[C@@H](O)[C@H]1C(=O)N[C@@H]1n1cc(C(=O)c2cccc(Br)c2)nn1. The van der Waals surface area contributed by atoms with Crippen LogP contribution in [0.2, 0.25) is 0 Å². The smallest absolute Gasteiger partial charge is 0.231 e. The number of amides is 1. The van der Waals surface area contributed by atoms with Crippen molar-refractivity contribution in [3.63, 3.8) is 0 Å². The summed E-state index contributed by atoms with van der Waals surface area (Å²) in [5, 5.41) is 20.0. The summed E-state index contributed by atoms with van der Waals surface area (Å²) in [5.41, 5.74) is 0.676. The average molecular weight is 365 g/mol. The third-order valence-electron chi connectivity index (χ3n) is 3.57. The minimum absolute atomic E-state index is 0.184. The Kier molecular flexibility index (Phi) is 3.79. The number of carbonyl (C=O) groups excluding carboxylic acids is 2. The zero-order chi connectivity index (χ0) is 15.9. The highest BCUT2D eigenvalue weighted by Gasteiger charge is 2.44. The predicted molar refractivity (Wildman–Crippen MR) is 79.9 cm³/mol. The summed E-state index contributed by atoms with van der Waals surface area (Å²) in [7, 11) is 0. The molecule has 1 fully saturated rings. The van der Waals surface area contributed by atoms with Crippen LogP contribution < -0.4 is 5.32 Å². The molecule has 8 heteroatoms. The first-order valence-electron chi connectivity index (χ1n) is 6.68. The van der Waals surface area contributed by atoms with Gasteiger partial charge in [-0.25, -0.2) is 4.68 Å². The minimum atomic E-state index is -0.799. The van der Waals surface area contributed by atoms with E-state index in [1.165, 1.54) is 10.9 Å². The molecule has 3 rings (SSSR count). The van der Waals surface area contributed by atoms with E-state index >= 15 is 0 Å². The molecule has 3 atom stereocenters. The molecule has 0 aliphatic carbocycles. The molecule has 1 aliphatic heterocycles. The molecule has 0 saturated carbocycles. The zero-order valence-corrected chi connectivity index (χ0v) is 13.2. The Morgan fingerprint density at radius 3 is 2.91 bits per heavy atom. The molecule has 0 unspecified atom stereocenters. The fourth-order valence-electron chi connectivity index (χ4n) is 2.39. The molecule has 1 aromatic heterocycles. The molecule has 22 heavy (non-hydrogen) atoms. The molecule has 7 nitrogen and oxygen atoms in total. The van der Waals surface area contributed by atoms with Gasteiger partial charge in [-0.15, -0.1) is 5.10 Å². The van der Waals surface area contributed by atoms with Crippen LogP contribution in [0.3, 0.4) is 0 Å². The van der Waals surface area contributed by atoms with E-state index in [4.69, 9.17) is 0 Å². The van der Waals surface area contributed by atoms with Gasteiger partial charge in [-0.3, -0.25) is 9.59 Å². The molecule has 2 aromatic rings. The zero-order valence-electron chi connectivity index (χ0n) is 11.6. The number of aliphatic hydroxyl groups excluding tert-OH is 1. The summed E-state index contributed by atoms with van der Waals surface area (Å²) in [6.45, 7) is 1.54. The molecule has 114 valence electrons. The van der Waals surface area contributed by atoms with Crippen LogP contribution in [0.25, 0.3) is 0 Å². The monoisotopic (exact) mass is 364 g/mol. The molecule has 0 spiro atoms. The highest BCUT2D eigenvalue weighted by molar-refractivity contribution is 9.10. The van der Waals surface area contributed by atoms with Crippen molar-refractivity contribution >= 4 is 27.6 Å². The Bertz CT molecular complexity index is 743. The number of nitrogens with zero attached hydrogens (tertiary/aromatic N) is 3. The number of aromatic nitrogens is 3. The van der Waals surface area contributed by atoms with E-state index in [9.17, 15) is 14.7 Å². The van der Waals surface area contributed by atoms with Gasteiger partial charge in [0, 0.05) is 10.0 Å². The molecule has 2 heterocycles. The van der Waals surface area contributed by atoms with E-state index in [0.717, 1.165) is 4.47 Å². The first-order valence-corrected chi connectivity index (χ1v) is 7.47. The van der Waals surface area contributed by atoms with Crippen molar-refractivity contribution in [2.75, 3.05) is 0 Å². The molecule has 1 aliphatic rings. The number of nitrogens with one attached hydrogen (secondary N) is 1. The lowest BCUT2D eigenvalue weighted by Gasteiger charge is -2.37. The fraction of sp³-hybridized carbons (Fsp3) is 0.286. The van der Waals surface area contributed by atoms with Gasteiger partial charge in [0.15, 0.2) is 5.69 Å². The standard InChI is InChI=1S/C14H13BrN4O3/c1-7(20)11-13(16-14(11)22)19-6-10(17-18-19)12(21)8-3-2-4-9(15)5-8/h2-7,11,13,20H,1H3,(H,16,22)/t7-,11-,13-/m1/s1. The van der Waals surface area contributed by atoms with E-state index in [0.29, 0.717) is 5.56 Å². The van der Waals surface area contributed by atoms with E-state index in [1.807, 2.05) is 6.07 Å². The Balaban J connectivity index is 1.82. The lowest BCUT2D eigenvalue weighted by atomic mass is 9.92. The Morgan fingerprint density at radius 1 is 1.50 bits per heavy atom. The molecule has 0 radical (unpaired) electrons. The second kappa shape index (κ2) is 5.62. The van der Waals surface area contributed by atoms with Gasteiger partial charge in [0.1, 0.15) is 12.1 Å². The average Bonchev–Trinajstić information content (AvgIpc) is 2.92. The summed E-state index contributed by atoms with van der Waals surface area (Å²) < 4.78 is 2.19. The van der Waals surface area contributed by atoms with Crippen molar-refractivity contribution in [2.24, 2.45) is 5.92 Å². The Morgan fingerprint density at radius 2 is 2.27 bits per heavy atom. The summed E-state index contributed by atoms with van der Waals surface area (Å²) in [4.78, 5) is 23.8. The highest BCUT2D eigenvalue weighted by Crippen LogP contribution is 2.27. The van der Waals surface area contributed by atoms with Crippen molar-refractivity contribution in [1.29, 1.82) is 0 Å². The number of benzene rings is 1. The number of ketones is 1. The molecule has 1 amide bonds. The maximum Gasteiger partial charge on any atom is 0.231 e. The molecule has 1 saturated heterocycles. The number of β-lactam (4-membered cyclic amide) rings is 1. The van der Waals surface area contributed by atoms with E-state index in [-0.39, 0.29) is 17.4 Å². The van der Waals surface area contributed by atoms with Crippen LogP contribution in [0.5, 0.6) is 0 Å². The van der Waals surface area contributed by atoms with Gasteiger partial charge in [-0.05, 0) is 19.1 Å². The summed E-state index contributed by atoms with van der Waals surface area (Å²) in [5.74, 6) is -1.09. The summed E-state index contributed by atoms with van der Waals surface area (Å²) >= 11 is 3.31. The van der Waals surface area contributed by atoms with Crippen LogP contribution in [0.1, 0.15) is 29.1 Å². The van der Waals surface area contributed by atoms with Crippen LogP contribution in [-0.4, -0.2) is 37.9 Å². The predicted octanol–water partition coefficient (Wildman–Crippen LogP) is 0.897. The third-order valence-corrected chi connectivity index (χ3v) is 4.06. The number of hydrogen-bond donors (Lipinski definition) is 2. The summed E-state index contributed by atoms with van der Waals surface area (Å²) in [6.07, 6.45) is 0.194. The largest absolute Gasteiger partial charge is 0.392 e. The first-order chi connectivity index (χ1) is 10.5. The van der Waals surface area contributed by atoms with Gasteiger partial charge in [-0.1, -0.05) is 33.3 Å². The number of halogens is 1. The van der Waals surface area contributed by atoms with Crippen molar-refractivity contribution < 1.29 is 14.7 Å². The maximum absolute atomic E-state index is 12.3. The van der Waals surface area contributed by atoms with Crippen LogP contribution in [-0.2, 0) is 4.79 Å². The highest BCUT2D eigenvalue weighted by atomic mass is 79.9. The topological polar surface area (TPSA) is 97.1 Å². The van der Waals surface area contributed by atoms with Gasteiger partial charge in [-0.2, -0.15) is 0 Å². The van der Waals surface area contributed by atoms with Gasteiger partial charge in [0.25, 0.3) is 0 Å². The Hall–Kier alpha value is -2.06. The normalized spacial score (nSPS) is 21.9. The molecule has 2 N–H and O–H groups in total. The molecule has 1 aromatic carbocycles. The second-order valence-electron chi connectivity index (χ2n) is 5.14. The number of aliphatic hydroxyl groups is 1. The molecular weight excluding hydrogens is 352 g/mol. The van der Waals surface area contributed by atoms with Crippen molar-refractivity contribution in [3.05, 3.63) is 46.2 Å². The maximum atomic E-state index is 12.3. The number of rotatable bonds is 4. The van der Waals surface area contributed by atoms with Gasteiger partial charge in [0.2, 0.25) is 11.7 Å². The van der Waals surface area contributed by atoms with E-state index in [2.05, 4.69) is 31.6 Å². The van der Waals surface area contributed by atoms with Crippen LogP contribution in [0, 0.1) is 5.92 Å². The minimum Gasteiger partial charge on any atom is -0.392 e. The first kappa shape index (κ1) is 14.9. The van der Waals surface area contributed by atoms with Crippen molar-refractivity contribution in [1.82, 2.24) is 20.3 Å². The lowest BCUT2D eigenvalue weighted by Crippen LogP contribution is -2.58. The van der Waals surface area contributed by atoms with E-state index in [1.54, 1.807) is 25.1 Å². The van der Waals surface area contributed by atoms with Gasteiger partial charge < -0.3 is 10.4 Å². The lowest BCUT2D eigenvalue weighted by molar-refractivity contribution is -0.145.